The van der Waals surface area contributed by atoms with E-state index in [9.17, 15) is 5.11 Å². The van der Waals surface area contributed by atoms with E-state index < -0.39 is 6.10 Å². The van der Waals surface area contributed by atoms with E-state index in [4.69, 9.17) is 5.11 Å². The molecule has 3 heteroatoms. The summed E-state index contributed by atoms with van der Waals surface area (Å²) in [6.45, 7) is 5.87. The normalized spacial score (nSPS) is 12.5. The van der Waals surface area contributed by atoms with Crippen molar-refractivity contribution in [2.45, 2.75) is 26.4 Å². The van der Waals surface area contributed by atoms with Crippen molar-refractivity contribution in [3.8, 4) is 0 Å². The maximum Gasteiger partial charge on any atom is 0.0761 e. The minimum atomic E-state index is -0.415. The Hall–Kier alpha value is -1.06. The fraction of sp³-hybridized carbons (Fsp3) is 0.538. The molecule has 1 rings (SSSR count). The third-order valence-electron chi connectivity index (χ3n) is 2.71. The Bertz CT molecular complexity index is 295. The molecule has 16 heavy (non-hydrogen) atoms. The third-order valence-corrected chi connectivity index (χ3v) is 2.71. The van der Waals surface area contributed by atoms with Crippen LogP contribution in [0.2, 0.25) is 0 Å². The largest absolute Gasteiger partial charge is 0.396 e. The van der Waals surface area contributed by atoms with Crippen molar-refractivity contribution in [3.63, 3.8) is 0 Å². The number of aliphatic hydroxyl groups is 2. The van der Waals surface area contributed by atoms with Gasteiger partial charge in [0, 0.05) is 25.4 Å². The van der Waals surface area contributed by atoms with E-state index in [0.717, 1.165) is 30.8 Å². The lowest BCUT2D eigenvalue weighted by atomic mass is 10.1. The molecule has 2 N–H and O–H groups in total. The van der Waals surface area contributed by atoms with E-state index >= 15 is 0 Å². The van der Waals surface area contributed by atoms with Gasteiger partial charge in [-0.25, -0.2) is 0 Å². The summed E-state index contributed by atoms with van der Waals surface area (Å²) < 4.78 is 0. The number of benzene rings is 1. The van der Waals surface area contributed by atoms with E-state index in [2.05, 4.69) is 11.8 Å². The Kier molecular flexibility index (Phi) is 5.29. The molecule has 1 atom stereocenters. The molecule has 90 valence electrons. The Balaban J connectivity index is 2.70. The Morgan fingerprint density at radius 1 is 1.25 bits per heavy atom. The predicted molar refractivity (Wildman–Crippen MR) is 66.7 cm³/mol. The average Bonchev–Trinajstić information content (AvgIpc) is 2.30. The van der Waals surface area contributed by atoms with Crippen LogP contribution >= 0.6 is 0 Å². The van der Waals surface area contributed by atoms with Crippen molar-refractivity contribution >= 4 is 5.69 Å². The van der Waals surface area contributed by atoms with Gasteiger partial charge >= 0.3 is 0 Å². The highest BCUT2D eigenvalue weighted by Gasteiger charge is 2.05. The molecule has 0 heterocycles. The first-order valence-electron chi connectivity index (χ1n) is 5.82. The van der Waals surface area contributed by atoms with Crippen LogP contribution in [0.5, 0.6) is 0 Å². The van der Waals surface area contributed by atoms with Crippen LogP contribution in [0.1, 0.15) is 31.9 Å². The van der Waals surface area contributed by atoms with Crippen LogP contribution in [0.3, 0.4) is 0 Å². The molecule has 0 radical (unpaired) electrons. The fourth-order valence-corrected chi connectivity index (χ4v) is 1.70. The minimum Gasteiger partial charge on any atom is -0.396 e. The van der Waals surface area contributed by atoms with Gasteiger partial charge < -0.3 is 15.1 Å². The first-order chi connectivity index (χ1) is 7.69. The van der Waals surface area contributed by atoms with Gasteiger partial charge in [-0.2, -0.15) is 0 Å². The van der Waals surface area contributed by atoms with Crippen LogP contribution in [0, 0.1) is 0 Å². The zero-order valence-electron chi connectivity index (χ0n) is 10.1. The monoisotopic (exact) mass is 223 g/mol. The lowest BCUT2D eigenvalue weighted by molar-refractivity contribution is 0.199. The summed E-state index contributed by atoms with van der Waals surface area (Å²) in [5, 5.41) is 18.2. The molecule has 0 aliphatic heterocycles. The SMILES string of the molecule is CCN(CCCO)c1ccc([C@H](C)O)cc1. The van der Waals surface area contributed by atoms with Gasteiger partial charge in [-0.05, 0) is 38.0 Å². The molecule has 0 bridgehead atoms. The molecule has 0 aliphatic rings. The van der Waals surface area contributed by atoms with Gasteiger partial charge in [0.25, 0.3) is 0 Å². The molecule has 0 amide bonds. The number of rotatable bonds is 6. The fourth-order valence-electron chi connectivity index (χ4n) is 1.70. The molecular formula is C13H21NO2. The summed E-state index contributed by atoms with van der Waals surface area (Å²) in [6.07, 6.45) is 0.369. The van der Waals surface area contributed by atoms with Gasteiger partial charge in [0.1, 0.15) is 0 Å². The maximum absolute atomic E-state index is 9.41. The molecule has 0 spiro atoms. The second-order valence-electron chi connectivity index (χ2n) is 3.92. The number of aliphatic hydroxyl groups excluding tert-OH is 2. The second kappa shape index (κ2) is 6.51. The predicted octanol–water partition coefficient (Wildman–Crippen LogP) is 1.95. The summed E-state index contributed by atoms with van der Waals surface area (Å²) in [6, 6.07) is 7.93. The average molecular weight is 223 g/mol. The molecule has 0 aliphatic carbocycles. The topological polar surface area (TPSA) is 43.7 Å². The molecular weight excluding hydrogens is 202 g/mol. The van der Waals surface area contributed by atoms with Gasteiger partial charge in [0.05, 0.1) is 6.10 Å². The van der Waals surface area contributed by atoms with E-state index in [1.165, 1.54) is 0 Å². The molecule has 3 nitrogen and oxygen atoms in total. The number of nitrogens with zero attached hydrogens (tertiary/aromatic N) is 1. The van der Waals surface area contributed by atoms with Crippen LogP contribution < -0.4 is 4.90 Å². The summed E-state index contributed by atoms with van der Waals surface area (Å²) in [4.78, 5) is 2.21. The molecule has 0 saturated heterocycles. The first-order valence-corrected chi connectivity index (χ1v) is 5.82. The lowest BCUT2D eigenvalue weighted by Crippen LogP contribution is -2.24. The first kappa shape index (κ1) is 13.0. The summed E-state index contributed by atoms with van der Waals surface area (Å²) in [5.74, 6) is 0. The molecule has 1 aromatic carbocycles. The summed E-state index contributed by atoms with van der Waals surface area (Å²) >= 11 is 0. The zero-order chi connectivity index (χ0) is 12.0. The number of hydrogen-bond acceptors (Lipinski definition) is 3. The number of anilines is 1. The Labute approximate surface area is 97.3 Å². The molecule has 1 aromatic rings. The quantitative estimate of drug-likeness (QED) is 0.774. The standard InChI is InChI=1S/C13H21NO2/c1-3-14(9-4-10-15)13-7-5-12(6-8-13)11(2)16/h5-8,11,15-16H,3-4,9-10H2,1-2H3/t11-/m0/s1. The van der Waals surface area contributed by atoms with Crippen LogP contribution in [0.15, 0.2) is 24.3 Å². The van der Waals surface area contributed by atoms with Crippen molar-refractivity contribution in [2.75, 3.05) is 24.6 Å². The molecule has 0 aromatic heterocycles. The van der Waals surface area contributed by atoms with Gasteiger partial charge in [-0.15, -0.1) is 0 Å². The van der Waals surface area contributed by atoms with Gasteiger partial charge in [0.15, 0.2) is 0 Å². The van der Waals surface area contributed by atoms with Crippen molar-refractivity contribution in [2.24, 2.45) is 0 Å². The minimum absolute atomic E-state index is 0.224. The van der Waals surface area contributed by atoms with E-state index in [1.807, 2.05) is 24.3 Å². The molecule has 0 fully saturated rings. The van der Waals surface area contributed by atoms with Gasteiger partial charge in [0.2, 0.25) is 0 Å². The van der Waals surface area contributed by atoms with E-state index in [1.54, 1.807) is 6.92 Å². The Morgan fingerprint density at radius 3 is 2.31 bits per heavy atom. The van der Waals surface area contributed by atoms with Crippen LogP contribution in [-0.2, 0) is 0 Å². The molecule has 0 unspecified atom stereocenters. The summed E-state index contributed by atoms with van der Waals surface area (Å²) in [5.41, 5.74) is 2.07. The van der Waals surface area contributed by atoms with E-state index in [0.29, 0.717) is 0 Å². The highest BCUT2D eigenvalue weighted by molar-refractivity contribution is 5.47. The smallest absolute Gasteiger partial charge is 0.0761 e. The number of hydrogen-bond donors (Lipinski definition) is 2. The second-order valence-corrected chi connectivity index (χ2v) is 3.92. The molecule has 0 saturated carbocycles. The lowest BCUT2D eigenvalue weighted by Gasteiger charge is -2.23. The Morgan fingerprint density at radius 2 is 1.88 bits per heavy atom. The summed E-state index contributed by atoms with van der Waals surface area (Å²) in [7, 11) is 0. The van der Waals surface area contributed by atoms with Crippen LogP contribution in [0.4, 0.5) is 5.69 Å². The van der Waals surface area contributed by atoms with Crippen LogP contribution in [0.25, 0.3) is 0 Å². The van der Waals surface area contributed by atoms with Crippen molar-refractivity contribution in [1.29, 1.82) is 0 Å². The van der Waals surface area contributed by atoms with E-state index in [-0.39, 0.29) is 6.61 Å². The van der Waals surface area contributed by atoms with Crippen LogP contribution in [-0.4, -0.2) is 29.9 Å². The third kappa shape index (κ3) is 3.51. The van der Waals surface area contributed by atoms with Gasteiger partial charge in [-0.1, -0.05) is 12.1 Å². The van der Waals surface area contributed by atoms with Crippen molar-refractivity contribution in [1.82, 2.24) is 0 Å². The van der Waals surface area contributed by atoms with Gasteiger partial charge in [-0.3, -0.25) is 0 Å². The highest BCUT2D eigenvalue weighted by atomic mass is 16.3. The van der Waals surface area contributed by atoms with Crippen molar-refractivity contribution < 1.29 is 10.2 Å². The highest BCUT2D eigenvalue weighted by Crippen LogP contribution is 2.19. The maximum atomic E-state index is 9.41. The van der Waals surface area contributed by atoms with Crippen molar-refractivity contribution in [3.05, 3.63) is 29.8 Å². The zero-order valence-corrected chi connectivity index (χ0v) is 10.1.